The minimum Gasteiger partial charge on any atom is -0.407 e. The first-order valence-electron chi connectivity index (χ1n) is 17.8. The largest absolute Gasteiger partial charge is 0.407 e. The molecule has 3 nitrogen and oxygen atoms in total. The summed E-state index contributed by atoms with van der Waals surface area (Å²) in [4.78, 5) is 11.5. The third-order valence-corrected chi connectivity index (χ3v) is 17.1. The van der Waals surface area contributed by atoms with Crippen LogP contribution in [0, 0.1) is 29.6 Å². The Balaban J connectivity index is 1.49. The van der Waals surface area contributed by atoms with E-state index in [1.165, 1.54) is 27.1 Å². The van der Waals surface area contributed by atoms with Crippen LogP contribution in [-0.4, -0.2) is 27.8 Å². The summed E-state index contributed by atoms with van der Waals surface area (Å²) in [5.41, 5.74) is 4.19. The number of halogens is 1. The van der Waals surface area contributed by atoms with Crippen molar-refractivity contribution in [2.75, 3.05) is 13.2 Å². The van der Waals surface area contributed by atoms with E-state index in [4.69, 9.17) is 9.16 Å². The Bertz CT molecular complexity index is 1600. The second-order valence-electron chi connectivity index (χ2n) is 15.2. The van der Waals surface area contributed by atoms with Crippen LogP contribution in [0.15, 0.2) is 114 Å². The number of benzene rings is 4. The summed E-state index contributed by atoms with van der Waals surface area (Å²) < 4.78 is 15.8. The number of aryl methyl sites for hydroxylation is 1. The number of aldehydes is 1. The molecule has 48 heavy (non-hydrogen) atoms. The summed E-state index contributed by atoms with van der Waals surface area (Å²) in [6.45, 7) is 13.1. The van der Waals surface area contributed by atoms with Crippen LogP contribution in [0.3, 0.4) is 0 Å². The lowest BCUT2D eigenvalue weighted by atomic mass is 9.52. The van der Waals surface area contributed by atoms with Crippen molar-refractivity contribution in [2.45, 2.75) is 70.9 Å². The van der Waals surface area contributed by atoms with Gasteiger partial charge in [-0.3, -0.25) is 0 Å². The first-order valence-corrected chi connectivity index (χ1v) is 20.5. The van der Waals surface area contributed by atoms with Gasteiger partial charge in [0.25, 0.3) is 8.32 Å². The van der Waals surface area contributed by atoms with Gasteiger partial charge in [-0.15, -0.1) is 0 Å². The molecule has 7 atom stereocenters. The fraction of sp³-hybridized carbons (Fsp3) is 0.419. The van der Waals surface area contributed by atoms with E-state index in [1.54, 1.807) is 0 Å². The maximum atomic E-state index is 11.5. The van der Waals surface area contributed by atoms with Crippen LogP contribution in [-0.2, 0) is 20.4 Å². The Morgan fingerprint density at radius 2 is 1.46 bits per heavy atom. The molecule has 4 aromatic rings. The average molecular weight is 724 g/mol. The van der Waals surface area contributed by atoms with E-state index < -0.39 is 8.32 Å². The molecule has 0 aliphatic heterocycles. The first-order chi connectivity index (χ1) is 23.2. The summed E-state index contributed by atoms with van der Waals surface area (Å²) in [5, 5.41) is 2.52. The molecule has 0 spiro atoms. The smallest absolute Gasteiger partial charge is 0.261 e. The summed E-state index contributed by atoms with van der Waals surface area (Å²) >= 11 is 3.75. The zero-order chi connectivity index (χ0) is 33.9. The van der Waals surface area contributed by atoms with Crippen LogP contribution in [0.2, 0.25) is 5.04 Å². The van der Waals surface area contributed by atoms with Gasteiger partial charge in [0.1, 0.15) is 6.29 Å². The monoisotopic (exact) mass is 722 g/mol. The Morgan fingerprint density at radius 3 is 2.04 bits per heavy atom. The van der Waals surface area contributed by atoms with Crippen molar-refractivity contribution >= 4 is 40.9 Å². The highest BCUT2D eigenvalue weighted by atomic mass is 79.9. The second-order valence-corrected chi connectivity index (χ2v) is 20.4. The number of hydrogen-bond donors (Lipinski definition) is 0. The molecule has 1 saturated carbocycles. The van der Waals surface area contributed by atoms with Crippen molar-refractivity contribution in [1.29, 1.82) is 0 Å². The third kappa shape index (κ3) is 6.68. The van der Waals surface area contributed by atoms with Crippen LogP contribution >= 0.6 is 15.9 Å². The fourth-order valence-electron chi connectivity index (χ4n) is 9.39. The number of rotatable bonds is 11. The fourth-order valence-corrected chi connectivity index (χ4v) is 14.4. The zero-order valence-electron chi connectivity index (χ0n) is 29.1. The Hall–Kier alpha value is -2.83. The van der Waals surface area contributed by atoms with Crippen LogP contribution < -0.4 is 10.4 Å². The molecule has 0 radical (unpaired) electrons. The van der Waals surface area contributed by atoms with Crippen LogP contribution in [0.25, 0.3) is 0 Å². The van der Waals surface area contributed by atoms with Gasteiger partial charge in [0, 0.05) is 17.5 Å². The normalized spacial score (nSPS) is 24.7. The highest BCUT2D eigenvalue weighted by Gasteiger charge is 2.55. The maximum Gasteiger partial charge on any atom is 0.261 e. The van der Waals surface area contributed by atoms with E-state index in [0.717, 1.165) is 23.6 Å². The topological polar surface area (TPSA) is 35.5 Å². The van der Waals surface area contributed by atoms with Gasteiger partial charge in [0.2, 0.25) is 0 Å². The van der Waals surface area contributed by atoms with E-state index in [1.807, 2.05) is 0 Å². The predicted octanol–water partition coefficient (Wildman–Crippen LogP) is 9.54. The maximum absolute atomic E-state index is 11.5. The number of ether oxygens (including phenoxy) is 1. The zero-order valence-corrected chi connectivity index (χ0v) is 31.7. The molecule has 0 bridgehead atoms. The number of fused-ring (bicyclic) bond motifs is 3. The highest BCUT2D eigenvalue weighted by Crippen LogP contribution is 2.58. The van der Waals surface area contributed by atoms with E-state index >= 15 is 0 Å². The molecule has 0 N–H and O–H groups in total. The van der Waals surface area contributed by atoms with Crippen molar-refractivity contribution < 1.29 is 14.0 Å². The van der Waals surface area contributed by atoms with Crippen molar-refractivity contribution in [1.82, 2.24) is 0 Å². The lowest BCUT2D eigenvalue weighted by Crippen LogP contribution is -2.67. The summed E-state index contributed by atoms with van der Waals surface area (Å²) in [7, 11) is -2.78. The molecule has 2 aliphatic rings. The molecule has 1 unspecified atom stereocenters. The van der Waals surface area contributed by atoms with Gasteiger partial charge in [-0.2, -0.15) is 0 Å². The SMILES string of the molecule is CC1[C@H]([C@H](OCCC=O)c2ccccc2)[C@@H](CO[Si](c2ccccc2)(c2ccccc2)C(C)(C)C)[C@@H]2CCc3cc(Br)ccc3[C@H]2[C@@H]1C. The number of carbonyl (C=O) groups excluding carboxylic acids is 1. The van der Waals surface area contributed by atoms with Crippen LogP contribution in [0.5, 0.6) is 0 Å². The molecule has 0 aromatic heterocycles. The summed E-state index contributed by atoms with van der Waals surface area (Å²) in [6.07, 6.45) is 3.46. The van der Waals surface area contributed by atoms with Gasteiger partial charge in [-0.05, 0) is 92.6 Å². The molecule has 6 rings (SSSR count). The molecular formula is C43H51BrO3Si. The van der Waals surface area contributed by atoms with E-state index in [2.05, 4.69) is 160 Å². The Labute approximate surface area is 297 Å². The van der Waals surface area contributed by atoms with Gasteiger partial charge in [-0.25, -0.2) is 0 Å². The number of carbonyl (C=O) groups is 1. The van der Waals surface area contributed by atoms with E-state index in [9.17, 15) is 4.79 Å². The molecule has 5 heteroatoms. The molecule has 252 valence electrons. The quantitative estimate of drug-likeness (QED) is 0.0879. The van der Waals surface area contributed by atoms with Gasteiger partial charge in [0.15, 0.2) is 0 Å². The van der Waals surface area contributed by atoms with Crippen molar-refractivity contribution in [3.05, 3.63) is 130 Å². The first kappa shape index (κ1) is 35.0. The molecule has 0 heterocycles. The minimum absolute atomic E-state index is 0.108. The minimum atomic E-state index is -2.78. The van der Waals surface area contributed by atoms with Gasteiger partial charge >= 0.3 is 0 Å². The summed E-state index contributed by atoms with van der Waals surface area (Å²) in [6, 6.07) is 39.8. The second kappa shape index (κ2) is 15.0. The van der Waals surface area contributed by atoms with Crippen molar-refractivity contribution in [3.63, 3.8) is 0 Å². The molecule has 4 aromatic carbocycles. The Morgan fingerprint density at radius 1 is 0.854 bits per heavy atom. The van der Waals surface area contributed by atoms with Crippen molar-refractivity contribution in [2.24, 2.45) is 29.6 Å². The van der Waals surface area contributed by atoms with E-state index in [0.29, 0.717) is 43.3 Å². The molecule has 2 aliphatic carbocycles. The van der Waals surface area contributed by atoms with Gasteiger partial charge in [0.05, 0.1) is 12.7 Å². The van der Waals surface area contributed by atoms with E-state index in [-0.39, 0.29) is 23.0 Å². The molecule has 1 fully saturated rings. The highest BCUT2D eigenvalue weighted by molar-refractivity contribution is 9.10. The third-order valence-electron chi connectivity index (χ3n) is 11.6. The van der Waals surface area contributed by atoms with Gasteiger partial charge in [-0.1, -0.05) is 148 Å². The molecular weight excluding hydrogens is 672 g/mol. The molecule has 0 saturated heterocycles. The van der Waals surface area contributed by atoms with Crippen LogP contribution in [0.4, 0.5) is 0 Å². The van der Waals surface area contributed by atoms with Crippen molar-refractivity contribution in [3.8, 4) is 0 Å². The lowest BCUT2D eigenvalue weighted by Gasteiger charge is -2.55. The lowest BCUT2D eigenvalue weighted by molar-refractivity contribution is -0.114. The predicted molar refractivity (Wildman–Crippen MR) is 203 cm³/mol. The Kier molecular flexibility index (Phi) is 10.9. The number of hydrogen-bond acceptors (Lipinski definition) is 3. The van der Waals surface area contributed by atoms with Gasteiger partial charge < -0.3 is 14.0 Å². The molecule has 0 amide bonds. The summed E-state index contributed by atoms with van der Waals surface area (Å²) in [5.74, 6) is 2.23. The van der Waals surface area contributed by atoms with Crippen LogP contribution in [0.1, 0.15) is 76.2 Å². The standard InChI is InChI=1S/C43H51BrO3Si/c1-30-31(2)41(42(46-27-15-26-45)32-16-9-6-10-17-32)39(38-24-22-33-28-34(44)23-25-37(33)40(30)38)29-47-48(43(3,4)5,35-18-11-7-12-19-35)36-20-13-8-14-21-36/h6-14,16-21,23,25-26,28,30-31,38-42H,15,22,24,27,29H2,1-5H3/t30-,31?,38+,39+,40-,41+,42-/m1/s1. The average Bonchev–Trinajstić information content (AvgIpc) is 3.10.